The van der Waals surface area contributed by atoms with Crippen molar-refractivity contribution >= 4 is 11.3 Å². The Kier molecular flexibility index (Phi) is 3.36. The Hall–Kier alpha value is -1.90. The van der Waals surface area contributed by atoms with E-state index in [-0.39, 0.29) is 12.0 Å². The molecule has 1 nitrogen and oxygen atoms in total. The molecule has 0 spiro atoms. The molecule has 22 heavy (non-hydrogen) atoms. The highest BCUT2D eigenvalue weighted by Gasteiger charge is 2.36. The van der Waals surface area contributed by atoms with Gasteiger partial charge in [-0.2, -0.15) is 0 Å². The maximum absolute atomic E-state index is 10.8. The van der Waals surface area contributed by atoms with Crippen LogP contribution in [0.15, 0.2) is 60.7 Å². The van der Waals surface area contributed by atoms with E-state index in [4.69, 9.17) is 0 Å². The smallest absolute Gasteiger partial charge is 0.0956 e. The van der Waals surface area contributed by atoms with E-state index in [1.54, 1.807) is 11.3 Å². The van der Waals surface area contributed by atoms with Crippen molar-refractivity contribution in [2.75, 3.05) is 0 Å². The molecule has 0 fully saturated rings. The summed E-state index contributed by atoms with van der Waals surface area (Å²) in [6.07, 6.45) is 0.549. The Morgan fingerprint density at radius 2 is 1.59 bits per heavy atom. The van der Waals surface area contributed by atoms with Crippen LogP contribution in [0.3, 0.4) is 0 Å². The van der Waals surface area contributed by atoms with Crippen LogP contribution in [-0.4, -0.2) is 5.11 Å². The molecule has 110 valence electrons. The minimum Gasteiger partial charge on any atom is -0.387 e. The molecule has 0 aliphatic heterocycles. The Balaban J connectivity index is 1.79. The van der Waals surface area contributed by atoms with Gasteiger partial charge in [0.25, 0.3) is 0 Å². The molecule has 1 N–H and O–H groups in total. The Morgan fingerprint density at radius 1 is 0.955 bits per heavy atom. The third kappa shape index (κ3) is 2.11. The lowest BCUT2D eigenvalue weighted by atomic mass is 9.93. The molecule has 0 bridgehead atoms. The number of aryl methyl sites for hydroxylation is 1. The summed E-state index contributed by atoms with van der Waals surface area (Å²) < 4.78 is 0. The molecule has 0 saturated carbocycles. The average molecular weight is 306 g/mol. The monoisotopic (exact) mass is 306 g/mol. The molecule has 1 heterocycles. The summed E-state index contributed by atoms with van der Waals surface area (Å²) in [7, 11) is 0. The topological polar surface area (TPSA) is 20.2 Å². The molecule has 0 amide bonds. The fourth-order valence-electron chi connectivity index (χ4n) is 3.55. The van der Waals surface area contributed by atoms with E-state index < -0.39 is 0 Å². The lowest BCUT2D eigenvalue weighted by molar-refractivity contribution is 0.161. The summed E-state index contributed by atoms with van der Waals surface area (Å²) in [6, 6.07) is 20.9. The molecule has 2 atom stereocenters. The summed E-state index contributed by atoms with van der Waals surface area (Å²) >= 11 is 1.75. The molecule has 0 radical (unpaired) electrons. The zero-order valence-electron chi connectivity index (χ0n) is 12.5. The predicted octanol–water partition coefficient (Wildman–Crippen LogP) is 5.10. The van der Waals surface area contributed by atoms with Crippen LogP contribution < -0.4 is 0 Å². The lowest BCUT2D eigenvalue weighted by Crippen LogP contribution is -2.04. The molecule has 1 aliphatic carbocycles. The molecule has 2 unspecified atom stereocenters. The van der Waals surface area contributed by atoms with Crippen LogP contribution in [0, 0.1) is 6.92 Å². The van der Waals surface area contributed by atoms with Crippen molar-refractivity contribution in [3.05, 3.63) is 81.5 Å². The number of rotatable bonds is 2. The highest BCUT2D eigenvalue weighted by Crippen LogP contribution is 2.50. The molecule has 0 saturated heterocycles. The minimum absolute atomic E-state index is 0.186. The highest BCUT2D eigenvalue weighted by atomic mass is 32.1. The predicted molar refractivity (Wildman–Crippen MR) is 92.3 cm³/mol. The van der Waals surface area contributed by atoms with Gasteiger partial charge >= 0.3 is 0 Å². The Labute approximate surface area is 134 Å². The fraction of sp³-hybridized carbons (Fsp3) is 0.200. The molecule has 1 aromatic heterocycles. The number of benzene rings is 2. The third-order valence-electron chi connectivity index (χ3n) is 4.58. The van der Waals surface area contributed by atoms with Crippen molar-refractivity contribution < 1.29 is 5.11 Å². The standard InChI is InChI=1S/C20H18OS/c1-13-18(15-10-6-3-7-11-15)17-12-16(19(21)20(17)22-13)14-8-4-2-5-9-14/h2-11,16,19,21H,12H2,1H3. The SMILES string of the molecule is Cc1sc2c(c1-c1ccccc1)CC(c1ccccc1)C2O. The van der Waals surface area contributed by atoms with Crippen LogP contribution >= 0.6 is 11.3 Å². The first-order valence-corrected chi connectivity index (χ1v) is 8.48. The second kappa shape index (κ2) is 5.38. The highest BCUT2D eigenvalue weighted by molar-refractivity contribution is 7.12. The number of thiophene rings is 1. The van der Waals surface area contributed by atoms with Gasteiger partial charge in [0, 0.05) is 15.7 Å². The van der Waals surface area contributed by atoms with Crippen LogP contribution in [-0.2, 0) is 6.42 Å². The molecule has 2 heteroatoms. The van der Waals surface area contributed by atoms with Crippen molar-refractivity contribution in [3.63, 3.8) is 0 Å². The van der Waals surface area contributed by atoms with E-state index in [0.717, 1.165) is 11.3 Å². The molecule has 2 aromatic carbocycles. The molecule has 1 aliphatic rings. The summed E-state index contributed by atoms with van der Waals surface area (Å²) in [5.74, 6) is 0.186. The van der Waals surface area contributed by atoms with Gasteiger partial charge in [-0.05, 0) is 35.6 Å². The van der Waals surface area contributed by atoms with Crippen LogP contribution in [0.1, 0.15) is 32.9 Å². The van der Waals surface area contributed by atoms with Gasteiger partial charge in [-0.25, -0.2) is 0 Å². The summed E-state index contributed by atoms with van der Waals surface area (Å²) in [6.45, 7) is 2.16. The van der Waals surface area contributed by atoms with Gasteiger partial charge in [0.05, 0.1) is 6.10 Å². The van der Waals surface area contributed by atoms with Crippen LogP contribution in [0.4, 0.5) is 0 Å². The van der Waals surface area contributed by atoms with Gasteiger partial charge in [0.1, 0.15) is 0 Å². The second-order valence-corrected chi connectivity index (χ2v) is 7.16. The van der Waals surface area contributed by atoms with E-state index in [9.17, 15) is 5.11 Å². The van der Waals surface area contributed by atoms with Gasteiger partial charge in [-0.15, -0.1) is 11.3 Å². The van der Waals surface area contributed by atoms with E-state index in [0.29, 0.717) is 0 Å². The van der Waals surface area contributed by atoms with E-state index in [2.05, 4.69) is 55.5 Å². The van der Waals surface area contributed by atoms with Crippen molar-refractivity contribution in [3.8, 4) is 11.1 Å². The van der Waals surface area contributed by atoms with Crippen molar-refractivity contribution in [2.24, 2.45) is 0 Å². The maximum atomic E-state index is 10.8. The average Bonchev–Trinajstić information content (AvgIpc) is 3.05. The van der Waals surface area contributed by atoms with Gasteiger partial charge in [0.15, 0.2) is 0 Å². The molecule has 3 aromatic rings. The van der Waals surface area contributed by atoms with E-state index in [1.807, 2.05) is 12.1 Å². The number of hydrogen-bond donors (Lipinski definition) is 1. The van der Waals surface area contributed by atoms with Crippen molar-refractivity contribution in [2.45, 2.75) is 25.4 Å². The van der Waals surface area contributed by atoms with Gasteiger partial charge in [0.2, 0.25) is 0 Å². The number of hydrogen-bond acceptors (Lipinski definition) is 2. The fourth-order valence-corrected chi connectivity index (χ4v) is 4.82. The normalized spacial score (nSPS) is 20.1. The Bertz CT molecular complexity index is 789. The maximum Gasteiger partial charge on any atom is 0.0956 e. The number of fused-ring (bicyclic) bond motifs is 1. The first kappa shape index (κ1) is 13.7. The summed E-state index contributed by atoms with van der Waals surface area (Å²) in [5.41, 5.74) is 5.17. The summed E-state index contributed by atoms with van der Waals surface area (Å²) in [4.78, 5) is 2.46. The van der Waals surface area contributed by atoms with Crippen molar-refractivity contribution in [1.29, 1.82) is 0 Å². The Morgan fingerprint density at radius 3 is 2.27 bits per heavy atom. The van der Waals surface area contributed by atoms with E-state index >= 15 is 0 Å². The third-order valence-corrected chi connectivity index (χ3v) is 5.80. The molecule has 4 rings (SSSR count). The zero-order valence-corrected chi connectivity index (χ0v) is 13.3. The molecular formula is C20H18OS. The van der Waals surface area contributed by atoms with Crippen LogP contribution in [0.2, 0.25) is 0 Å². The van der Waals surface area contributed by atoms with Crippen LogP contribution in [0.25, 0.3) is 11.1 Å². The van der Waals surface area contributed by atoms with E-state index in [1.165, 1.54) is 27.1 Å². The van der Waals surface area contributed by atoms with Gasteiger partial charge in [-0.3, -0.25) is 0 Å². The second-order valence-electron chi connectivity index (χ2n) is 5.91. The first-order valence-electron chi connectivity index (χ1n) is 7.66. The lowest BCUT2D eigenvalue weighted by Gasteiger charge is -2.15. The zero-order chi connectivity index (χ0) is 15.1. The molecular weight excluding hydrogens is 288 g/mol. The minimum atomic E-state index is -0.376. The quantitative estimate of drug-likeness (QED) is 0.698. The van der Waals surface area contributed by atoms with Gasteiger partial charge < -0.3 is 5.11 Å². The summed E-state index contributed by atoms with van der Waals surface area (Å²) in [5, 5.41) is 10.8. The first-order chi connectivity index (χ1) is 10.8. The number of aliphatic hydroxyl groups is 1. The largest absolute Gasteiger partial charge is 0.387 e. The van der Waals surface area contributed by atoms with Crippen molar-refractivity contribution in [1.82, 2.24) is 0 Å². The van der Waals surface area contributed by atoms with Crippen LogP contribution in [0.5, 0.6) is 0 Å². The number of aliphatic hydroxyl groups excluding tert-OH is 1. The van der Waals surface area contributed by atoms with Gasteiger partial charge in [-0.1, -0.05) is 60.7 Å².